The highest BCUT2D eigenvalue weighted by molar-refractivity contribution is 7.89. The van der Waals surface area contributed by atoms with Crippen molar-refractivity contribution in [2.45, 2.75) is 23.2 Å². The van der Waals surface area contributed by atoms with Gasteiger partial charge in [-0.3, -0.25) is 4.98 Å². The highest BCUT2D eigenvalue weighted by Gasteiger charge is 2.41. The van der Waals surface area contributed by atoms with E-state index in [4.69, 9.17) is 0 Å². The zero-order chi connectivity index (χ0) is 23.1. The number of nitrogens with zero attached hydrogens (tertiary/aromatic N) is 4. The van der Waals surface area contributed by atoms with Gasteiger partial charge in [0.15, 0.2) is 5.03 Å². The van der Waals surface area contributed by atoms with Crippen LogP contribution in [0.25, 0.3) is 0 Å². The van der Waals surface area contributed by atoms with Gasteiger partial charge in [0.25, 0.3) is 10.0 Å². The molecule has 7 nitrogen and oxygen atoms in total. The van der Waals surface area contributed by atoms with Gasteiger partial charge in [0.05, 0.1) is 6.33 Å². The average Bonchev–Trinajstić information content (AvgIpc) is 3.36. The molecule has 3 heterocycles. The minimum absolute atomic E-state index is 0.00930. The Morgan fingerprint density at radius 2 is 1.81 bits per heavy atom. The topological polar surface area (TPSA) is 80.1 Å². The minimum atomic E-state index is -4.61. The van der Waals surface area contributed by atoms with E-state index in [0.717, 1.165) is 12.3 Å². The first kappa shape index (κ1) is 22.2. The smallest absolute Gasteiger partial charge is 0.380 e. The highest BCUT2D eigenvalue weighted by Crippen LogP contribution is 2.34. The Labute approximate surface area is 181 Å². The van der Waals surface area contributed by atoms with E-state index in [-0.39, 0.29) is 23.8 Å². The molecule has 1 saturated heterocycles. The second-order valence-electron chi connectivity index (χ2n) is 7.54. The maximum Gasteiger partial charge on any atom is 0.433 e. The van der Waals surface area contributed by atoms with E-state index >= 15 is 0 Å². The van der Waals surface area contributed by atoms with E-state index < -0.39 is 39.7 Å². The van der Waals surface area contributed by atoms with Gasteiger partial charge in [-0.2, -0.15) is 17.5 Å². The first-order valence-corrected chi connectivity index (χ1v) is 11.0. The van der Waals surface area contributed by atoms with Crippen LogP contribution in [0.3, 0.4) is 0 Å². The SMILES string of the molecule is Cn1cnc(S(=O)(=O)N2C[C@H](Nc3ccnc(C(F)(F)F)c3)[C@@H](c3ccc(F)cc3)C2)c1. The molecule has 4 rings (SSSR count). The number of benzene rings is 1. The lowest BCUT2D eigenvalue weighted by Gasteiger charge is -2.21. The molecule has 0 bridgehead atoms. The van der Waals surface area contributed by atoms with Crippen molar-refractivity contribution in [3.05, 3.63) is 72.2 Å². The summed E-state index contributed by atoms with van der Waals surface area (Å²) in [6, 6.07) is 7.29. The maximum absolute atomic E-state index is 13.4. The Bertz CT molecular complexity index is 1210. The first-order valence-electron chi connectivity index (χ1n) is 9.57. The Morgan fingerprint density at radius 3 is 2.44 bits per heavy atom. The number of aryl methyl sites for hydroxylation is 1. The summed E-state index contributed by atoms with van der Waals surface area (Å²) in [5.74, 6) is -0.880. The van der Waals surface area contributed by atoms with E-state index in [2.05, 4.69) is 15.3 Å². The van der Waals surface area contributed by atoms with E-state index in [9.17, 15) is 26.0 Å². The van der Waals surface area contributed by atoms with Crippen LogP contribution < -0.4 is 5.32 Å². The third-order valence-corrected chi connectivity index (χ3v) is 6.99. The van der Waals surface area contributed by atoms with Crippen molar-refractivity contribution in [2.75, 3.05) is 18.4 Å². The van der Waals surface area contributed by atoms with Gasteiger partial charge in [-0.25, -0.2) is 17.8 Å². The molecule has 0 radical (unpaired) electrons. The van der Waals surface area contributed by atoms with Gasteiger partial charge < -0.3 is 9.88 Å². The predicted molar refractivity (Wildman–Crippen MR) is 108 cm³/mol. The molecular weight excluding hydrogens is 450 g/mol. The maximum atomic E-state index is 13.4. The summed E-state index contributed by atoms with van der Waals surface area (Å²) in [6.07, 6.45) is -0.833. The molecule has 2 aromatic heterocycles. The van der Waals surface area contributed by atoms with Gasteiger partial charge in [-0.15, -0.1) is 0 Å². The van der Waals surface area contributed by atoms with Gasteiger partial charge in [-0.05, 0) is 29.8 Å². The lowest BCUT2D eigenvalue weighted by atomic mass is 9.94. The van der Waals surface area contributed by atoms with Crippen LogP contribution in [0.15, 0.2) is 60.1 Å². The van der Waals surface area contributed by atoms with Crippen molar-refractivity contribution in [1.29, 1.82) is 0 Å². The number of pyridine rings is 1. The van der Waals surface area contributed by atoms with Crippen LogP contribution in [0.4, 0.5) is 23.2 Å². The number of hydrogen-bond donors (Lipinski definition) is 1. The van der Waals surface area contributed by atoms with Crippen molar-refractivity contribution >= 4 is 15.7 Å². The zero-order valence-electron chi connectivity index (χ0n) is 16.8. The van der Waals surface area contributed by atoms with Crippen molar-refractivity contribution in [3.63, 3.8) is 0 Å². The standard InChI is InChI=1S/C20H19F4N5O2S/c1-28-11-19(26-12-28)32(30,31)29-9-16(13-2-4-14(21)5-3-13)17(10-29)27-15-6-7-25-18(8-15)20(22,23)24/h2-8,11-12,16-17H,9-10H2,1H3,(H,25,27)/t16-,17+/m1/s1. The molecule has 1 aliphatic heterocycles. The number of nitrogens with one attached hydrogen (secondary N) is 1. The van der Waals surface area contributed by atoms with E-state index in [1.165, 1.54) is 39.6 Å². The highest BCUT2D eigenvalue weighted by atomic mass is 32.2. The Kier molecular flexibility index (Phi) is 5.67. The monoisotopic (exact) mass is 469 g/mol. The van der Waals surface area contributed by atoms with Crippen LogP contribution in [0, 0.1) is 5.82 Å². The molecule has 1 aliphatic rings. The second kappa shape index (κ2) is 8.17. The molecule has 12 heteroatoms. The van der Waals surface area contributed by atoms with Crippen LogP contribution in [0.1, 0.15) is 17.2 Å². The van der Waals surface area contributed by atoms with Gasteiger partial charge in [0, 0.05) is 50.2 Å². The minimum Gasteiger partial charge on any atom is -0.380 e. The van der Waals surface area contributed by atoms with Crippen LogP contribution in [-0.2, 0) is 23.2 Å². The number of halogens is 4. The number of sulfonamides is 1. The zero-order valence-corrected chi connectivity index (χ0v) is 17.6. The first-order chi connectivity index (χ1) is 15.0. The molecule has 1 N–H and O–H groups in total. The summed E-state index contributed by atoms with van der Waals surface area (Å²) in [5.41, 5.74) is -0.244. The summed E-state index contributed by atoms with van der Waals surface area (Å²) in [5, 5.41) is 2.89. The van der Waals surface area contributed by atoms with Crippen molar-refractivity contribution < 1.29 is 26.0 Å². The number of alkyl halides is 3. The van der Waals surface area contributed by atoms with Crippen molar-refractivity contribution in [3.8, 4) is 0 Å². The molecule has 1 fully saturated rings. The Hall–Kier alpha value is -2.99. The normalized spacial score (nSPS) is 19.9. The summed E-state index contributed by atoms with van der Waals surface area (Å²) >= 11 is 0. The summed E-state index contributed by atoms with van der Waals surface area (Å²) in [6.45, 7) is 0.0457. The van der Waals surface area contributed by atoms with Crippen molar-refractivity contribution in [2.24, 2.45) is 7.05 Å². The van der Waals surface area contributed by atoms with Gasteiger partial charge >= 0.3 is 6.18 Å². The Balaban J connectivity index is 1.66. The van der Waals surface area contributed by atoms with Gasteiger partial charge in [0.1, 0.15) is 11.5 Å². The fraction of sp³-hybridized carbons (Fsp3) is 0.300. The summed E-state index contributed by atoms with van der Waals surface area (Å²) < 4.78 is 81.4. The van der Waals surface area contributed by atoms with Crippen LogP contribution in [-0.4, -0.2) is 46.4 Å². The molecular formula is C20H19F4N5O2S. The molecule has 3 aromatic rings. The molecule has 170 valence electrons. The molecule has 0 aliphatic carbocycles. The number of imidazole rings is 1. The van der Waals surface area contributed by atoms with E-state index in [1.807, 2.05) is 0 Å². The van der Waals surface area contributed by atoms with Crippen LogP contribution in [0.2, 0.25) is 0 Å². The number of rotatable bonds is 5. The summed E-state index contributed by atoms with van der Waals surface area (Å²) in [7, 11) is -2.29. The van der Waals surface area contributed by atoms with Crippen LogP contribution in [0.5, 0.6) is 0 Å². The summed E-state index contributed by atoms with van der Waals surface area (Å²) in [4.78, 5) is 7.26. The molecule has 0 unspecified atom stereocenters. The van der Waals surface area contributed by atoms with Gasteiger partial charge in [-0.1, -0.05) is 12.1 Å². The molecule has 0 spiro atoms. The van der Waals surface area contributed by atoms with Crippen LogP contribution >= 0.6 is 0 Å². The molecule has 2 atom stereocenters. The quantitative estimate of drug-likeness (QED) is 0.581. The fourth-order valence-electron chi connectivity index (χ4n) is 3.70. The molecule has 0 saturated carbocycles. The third-order valence-electron chi connectivity index (χ3n) is 5.27. The fourth-order valence-corrected chi connectivity index (χ4v) is 5.16. The average molecular weight is 469 g/mol. The number of anilines is 1. The lowest BCUT2D eigenvalue weighted by molar-refractivity contribution is -0.141. The second-order valence-corrected chi connectivity index (χ2v) is 9.42. The molecule has 0 amide bonds. The third kappa shape index (κ3) is 4.46. The number of hydrogen-bond acceptors (Lipinski definition) is 5. The van der Waals surface area contributed by atoms with E-state index in [1.54, 1.807) is 19.2 Å². The molecule has 32 heavy (non-hydrogen) atoms. The predicted octanol–water partition coefficient (Wildman–Crippen LogP) is 3.24. The molecule has 1 aromatic carbocycles. The lowest BCUT2D eigenvalue weighted by Crippen LogP contribution is -2.32. The van der Waals surface area contributed by atoms with E-state index in [0.29, 0.717) is 5.56 Å². The largest absolute Gasteiger partial charge is 0.433 e. The van der Waals surface area contributed by atoms with Gasteiger partial charge in [0.2, 0.25) is 0 Å². The Morgan fingerprint density at radius 1 is 1.09 bits per heavy atom. The van der Waals surface area contributed by atoms with Crippen molar-refractivity contribution in [1.82, 2.24) is 18.8 Å². The number of aromatic nitrogens is 3.